The fraction of sp³-hybridized carbons (Fsp3) is 0.533. The van der Waals surface area contributed by atoms with Crippen molar-refractivity contribution in [2.24, 2.45) is 0 Å². The van der Waals surface area contributed by atoms with Crippen LogP contribution in [0.4, 0.5) is 0 Å². The van der Waals surface area contributed by atoms with Gasteiger partial charge < -0.3 is 9.84 Å². The highest BCUT2D eigenvalue weighted by atomic mass is 32.2. The Morgan fingerprint density at radius 1 is 1.32 bits per heavy atom. The normalized spacial score (nSPS) is 10.5. The van der Waals surface area contributed by atoms with Gasteiger partial charge in [-0.05, 0) is 55.4 Å². The fourth-order valence-corrected chi connectivity index (χ4v) is 2.30. The SMILES string of the molecule is CSCCCOC(=O)CCc1cc(C)c(O)c(C)c1. The van der Waals surface area contributed by atoms with E-state index in [1.54, 1.807) is 11.8 Å². The number of phenols is 1. The number of aromatic hydroxyl groups is 1. The highest BCUT2D eigenvalue weighted by Gasteiger charge is 2.07. The number of esters is 1. The zero-order valence-electron chi connectivity index (χ0n) is 11.9. The average molecular weight is 282 g/mol. The van der Waals surface area contributed by atoms with Crippen molar-refractivity contribution in [1.29, 1.82) is 0 Å². The van der Waals surface area contributed by atoms with E-state index in [0.717, 1.165) is 28.9 Å². The van der Waals surface area contributed by atoms with E-state index in [4.69, 9.17) is 4.74 Å². The van der Waals surface area contributed by atoms with Crippen molar-refractivity contribution in [3.8, 4) is 5.75 Å². The lowest BCUT2D eigenvalue weighted by Gasteiger charge is -2.08. The summed E-state index contributed by atoms with van der Waals surface area (Å²) in [6, 6.07) is 3.84. The molecule has 0 atom stereocenters. The third kappa shape index (κ3) is 5.55. The number of carbonyl (C=O) groups is 1. The summed E-state index contributed by atoms with van der Waals surface area (Å²) in [5.41, 5.74) is 2.76. The number of carbonyl (C=O) groups excluding carboxylic acids is 1. The first-order valence-electron chi connectivity index (χ1n) is 6.48. The summed E-state index contributed by atoms with van der Waals surface area (Å²) in [6.07, 6.45) is 3.99. The van der Waals surface area contributed by atoms with Crippen LogP contribution >= 0.6 is 11.8 Å². The summed E-state index contributed by atoms with van der Waals surface area (Å²) in [4.78, 5) is 11.5. The second kappa shape index (κ2) is 8.10. The Hall–Kier alpha value is -1.16. The van der Waals surface area contributed by atoms with Gasteiger partial charge in [0.05, 0.1) is 6.61 Å². The minimum atomic E-state index is -0.149. The van der Waals surface area contributed by atoms with Gasteiger partial charge in [0.1, 0.15) is 5.75 Å². The third-order valence-electron chi connectivity index (χ3n) is 2.92. The molecule has 19 heavy (non-hydrogen) atoms. The average Bonchev–Trinajstić information content (AvgIpc) is 2.38. The van der Waals surface area contributed by atoms with Crippen LogP contribution in [0.25, 0.3) is 0 Å². The van der Waals surface area contributed by atoms with Gasteiger partial charge in [-0.2, -0.15) is 11.8 Å². The summed E-state index contributed by atoms with van der Waals surface area (Å²) in [6.45, 7) is 4.24. The smallest absolute Gasteiger partial charge is 0.306 e. The van der Waals surface area contributed by atoms with Gasteiger partial charge in [0.15, 0.2) is 0 Å². The zero-order valence-corrected chi connectivity index (χ0v) is 12.7. The Labute approximate surface area is 119 Å². The summed E-state index contributed by atoms with van der Waals surface area (Å²) in [7, 11) is 0. The number of hydrogen-bond donors (Lipinski definition) is 1. The number of rotatable bonds is 7. The van der Waals surface area contributed by atoms with Crippen LogP contribution in [0, 0.1) is 13.8 Å². The van der Waals surface area contributed by atoms with E-state index in [-0.39, 0.29) is 5.97 Å². The Morgan fingerprint density at radius 3 is 2.53 bits per heavy atom. The van der Waals surface area contributed by atoms with Crippen molar-refractivity contribution < 1.29 is 14.6 Å². The molecule has 0 aliphatic carbocycles. The molecule has 0 spiro atoms. The molecule has 0 unspecified atom stereocenters. The lowest BCUT2D eigenvalue weighted by atomic mass is 10.0. The number of ether oxygens (including phenoxy) is 1. The first-order chi connectivity index (χ1) is 9.04. The standard InChI is InChI=1S/C15H22O3S/c1-11-9-13(10-12(2)15(11)17)5-6-14(16)18-7-4-8-19-3/h9-10,17H,4-8H2,1-3H3. The van der Waals surface area contributed by atoms with E-state index in [2.05, 4.69) is 0 Å². The number of thioether (sulfide) groups is 1. The topological polar surface area (TPSA) is 46.5 Å². The van der Waals surface area contributed by atoms with Crippen LogP contribution in [-0.2, 0) is 16.0 Å². The molecular formula is C15H22O3S. The minimum absolute atomic E-state index is 0.149. The molecule has 0 bridgehead atoms. The third-order valence-corrected chi connectivity index (χ3v) is 3.62. The summed E-state index contributed by atoms with van der Waals surface area (Å²) >= 11 is 1.75. The molecule has 0 aliphatic heterocycles. The maximum atomic E-state index is 11.5. The number of benzene rings is 1. The molecule has 4 heteroatoms. The monoisotopic (exact) mass is 282 g/mol. The van der Waals surface area contributed by atoms with Crippen LogP contribution in [0.2, 0.25) is 0 Å². The predicted octanol–water partition coefficient (Wildman–Crippen LogP) is 3.24. The second-order valence-corrected chi connectivity index (χ2v) is 5.63. The van der Waals surface area contributed by atoms with Gasteiger partial charge in [0.2, 0.25) is 0 Å². The van der Waals surface area contributed by atoms with E-state index >= 15 is 0 Å². The Balaban J connectivity index is 2.38. The molecule has 1 N–H and O–H groups in total. The van der Waals surface area contributed by atoms with Gasteiger partial charge in [0.25, 0.3) is 0 Å². The van der Waals surface area contributed by atoms with Gasteiger partial charge >= 0.3 is 5.97 Å². The highest BCUT2D eigenvalue weighted by molar-refractivity contribution is 7.98. The molecule has 0 radical (unpaired) electrons. The van der Waals surface area contributed by atoms with E-state index in [0.29, 0.717) is 25.2 Å². The quantitative estimate of drug-likeness (QED) is 0.616. The molecule has 1 aromatic carbocycles. The lowest BCUT2D eigenvalue weighted by Crippen LogP contribution is -2.07. The second-order valence-electron chi connectivity index (χ2n) is 4.65. The van der Waals surface area contributed by atoms with Crippen molar-refractivity contribution in [2.75, 3.05) is 18.6 Å². The van der Waals surface area contributed by atoms with Gasteiger partial charge in [-0.3, -0.25) is 4.79 Å². The van der Waals surface area contributed by atoms with Crippen molar-refractivity contribution in [2.45, 2.75) is 33.1 Å². The molecule has 0 fully saturated rings. The molecule has 1 rings (SSSR count). The Kier molecular flexibility index (Phi) is 6.78. The van der Waals surface area contributed by atoms with Crippen molar-refractivity contribution in [3.05, 3.63) is 28.8 Å². The maximum Gasteiger partial charge on any atom is 0.306 e. The molecule has 0 saturated heterocycles. The van der Waals surface area contributed by atoms with Gasteiger partial charge in [0, 0.05) is 6.42 Å². The lowest BCUT2D eigenvalue weighted by molar-refractivity contribution is -0.143. The minimum Gasteiger partial charge on any atom is -0.507 e. The maximum absolute atomic E-state index is 11.5. The Bertz CT molecular complexity index is 406. The molecule has 0 saturated carbocycles. The first-order valence-corrected chi connectivity index (χ1v) is 7.87. The fourth-order valence-electron chi connectivity index (χ4n) is 1.90. The summed E-state index contributed by atoms with van der Waals surface area (Å²) in [5.74, 6) is 1.21. The largest absolute Gasteiger partial charge is 0.507 e. The molecule has 0 aliphatic rings. The van der Waals surface area contributed by atoms with E-state index in [1.807, 2.05) is 32.2 Å². The van der Waals surface area contributed by atoms with Crippen LogP contribution in [0.1, 0.15) is 29.5 Å². The Morgan fingerprint density at radius 2 is 1.95 bits per heavy atom. The molecular weight excluding hydrogens is 260 g/mol. The molecule has 1 aromatic rings. The van der Waals surface area contributed by atoms with Gasteiger partial charge in [-0.25, -0.2) is 0 Å². The van der Waals surface area contributed by atoms with Crippen LogP contribution in [-0.4, -0.2) is 29.7 Å². The van der Waals surface area contributed by atoms with E-state index in [1.165, 1.54) is 0 Å². The number of phenolic OH excluding ortho intramolecular Hbond substituents is 1. The van der Waals surface area contributed by atoms with E-state index < -0.39 is 0 Å². The van der Waals surface area contributed by atoms with Crippen LogP contribution < -0.4 is 0 Å². The molecule has 106 valence electrons. The summed E-state index contributed by atoms with van der Waals surface area (Å²) < 4.78 is 5.15. The van der Waals surface area contributed by atoms with E-state index in [9.17, 15) is 9.90 Å². The highest BCUT2D eigenvalue weighted by Crippen LogP contribution is 2.23. The molecule has 0 amide bonds. The van der Waals surface area contributed by atoms with Crippen LogP contribution in [0.3, 0.4) is 0 Å². The zero-order chi connectivity index (χ0) is 14.3. The van der Waals surface area contributed by atoms with Crippen molar-refractivity contribution in [3.63, 3.8) is 0 Å². The molecule has 3 nitrogen and oxygen atoms in total. The predicted molar refractivity (Wildman–Crippen MR) is 79.9 cm³/mol. The molecule has 0 heterocycles. The molecule has 0 aromatic heterocycles. The summed E-state index contributed by atoms with van der Waals surface area (Å²) in [5, 5.41) is 9.68. The van der Waals surface area contributed by atoms with Crippen molar-refractivity contribution in [1.82, 2.24) is 0 Å². The van der Waals surface area contributed by atoms with Gasteiger partial charge in [-0.15, -0.1) is 0 Å². The van der Waals surface area contributed by atoms with Crippen molar-refractivity contribution >= 4 is 17.7 Å². The number of hydrogen-bond acceptors (Lipinski definition) is 4. The number of aryl methyl sites for hydroxylation is 3. The van der Waals surface area contributed by atoms with Crippen LogP contribution in [0.15, 0.2) is 12.1 Å². The van der Waals surface area contributed by atoms with Gasteiger partial charge in [-0.1, -0.05) is 12.1 Å². The first kappa shape index (κ1) is 15.9. The van der Waals surface area contributed by atoms with Crippen LogP contribution in [0.5, 0.6) is 5.75 Å².